The average molecular weight is 1390 g/mol. The molecule has 3 fully saturated rings. The molecule has 0 saturated carbocycles. The molecular weight excluding hydrogens is 1310 g/mol. The number of carbonyl (C=O) groups excluding carboxylic acids is 3. The first-order valence-electron chi connectivity index (χ1n) is 34.0. The Balaban J connectivity index is 0.000000131. The number of aromatic nitrogens is 9. The number of amides is 3. The number of imidazole rings is 3. The van der Waals surface area contributed by atoms with Crippen molar-refractivity contribution in [2.75, 3.05) is 39.3 Å². The molecule has 21 heteroatoms. The Morgan fingerprint density at radius 2 is 0.718 bits per heavy atom. The topological polar surface area (TPSA) is 199 Å². The maximum atomic E-state index is 13.8. The number of ether oxygens (including phenoxy) is 2. The van der Waals surface area contributed by atoms with E-state index in [4.69, 9.17) is 9.47 Å². The summed E-state index contributed by atoms with van der Waals surface area (Å²) in [5, 5.41) is 0. The predicted octanol–water partition coefficient (Wildman–Crippen LogP) is 14.1. The maximum Gasteiger partial charge on any atom is 0.334 e. The lowest BCUT2D eigenvalue weighted by molar-refractivity contribution is -0.127. The highest BCUT2D eigenvalue weighted by Gasteiger charge is 2.33. The smallest absolute Gasteiger partial charge is 0.334 e. The molecule has 7 aromatic carbocycles. The highest BCUT2D eigenvalue weighted by atomic mass is 32.2. The summed E-state index contributed by atoms with van der Waals surface area (Å²) in [7, 11) is 0. The van der Waals surface area contributed by atoms with Crippen LogP contribution in [0.4, 0.5) is 0 Å². The molecule has 0 aliphatic carbocycles. The summed E-state index contributed by atoms with van der Waals surface area (Å²) in [5.41, 5.74) is 7.57. The molecule has 9 heterocycles. The van der Waals surface area contributed by atoms with E-state index in [0.29, 0.717) is 70.0 Å². The molecule has 3 aliphatic heterocycles. The molecule has 6 aromatic heterocycles. The van der Waals surface area contributed by atoms with E-state index in [1.807, 2.05) is 211 Å². The third-order valence-corrected chi connectivity index (χ3v) is 19.7. The van der Waals surface area contributed by atoms with Crippen LogP contribution in [-0.2, 0) is 14.4 Å². The Morgan fingerprint density at radius 1 is 0.379 bits per heavy atom. The number of rotatable bonds is 16. The first-order valence-corrected chi connectivity index (χ1v) is 34.9. The van der Waals surface area contributed by atoms with Crippen molar-refractivity contribution in [1.82, 2.24) is 57.1 Å². The number of benzene rings is 7. The van der Waals surface area contributed by atoms with E-state index in [-0.39, 0.29) is 52.9 Å². The molecule has 3 amide bonds. The lowest BCUT2D eigenvalue weighted by Crippen LogP contribution is -2.40. The van der Waals surface area contributed by atoms with Gasteiger partial charge in [0.2, 0.25) is 17.7 Å². The molecule has 0 N–H and O–H groups in total. The largest absolute Gasteiger partial charge is 0.457 e. The van der Waals surface area contributed by atoms with Crippen molar-refractivity contribution in [3.05, 3.63) is 318 Å². The van der Waals surface area contributed by atoms with Crippen molar-refractivity contribution in [3.8, 4) is 40.1 Å². The summed E-state index contributed by atoms with van der Waals surface area (Å²) in [5.74, 6) is 2.66. The molecule has 0 radical (unpaired) electrons. The summed E-state index contributed by atoms with van der Waals surface area (Å²) in [6, 6.07) is 67.4. The quantitative estimate of drug-likeness (QED) is 0.0831. The van der Waals surface area contributed by atoms with Gasteiger partial charge in [0, 0.05) is 79.8 Å². The minimum absolute atomic E-state index is 0.0122. The molecule has 13 aromatic rings. The lowest BCUT2D eigenvalue weighted by Gasteiger charge is -2.31. The second kappa shape index (κ2) is 30.9. The van der Waals surface area contributed by atoms with Gasteiger partial charge in [0.15, 0.2) is 0 Å². The fourth-order valence-corrected chi connectivity index (χ4v) is 14.5. The molecule has 2 atom stereocenters. The molecule has 16 rings (SSSR count). The minimum Gasteiger partial charge on any atom is -0.457 e. The third kappa shape index (κ3) is 14.7. The van der Waals surface area contributed by atoms with Gasteiger partial charge < -0.3 is 24.2 Å². The summed E-state index contributed by atoms with van der Waals surface area (Å²) in [4.78, 5) is 98.2. The molecule has 514 valence electrons. The van der Waals surface area contributed by atoms with Crippen molar-refractivity contribution in [3.63, 3.8) is 0 Å². The van der Waals surface area contributed by atoms with Crippen LogP contribution in [0.5, 0.6) is 23.0 Å². The Hall–Kier alpha value is -12.6. The number of hydrogen-bond acceptors (Lipinski definition) is 12. The number of pyridine rings is 3. The van der Waals surface area contributed by atoms with E-state index in [0.717, 1.165) is 83.4 Å². The van der Waals surface area contributed by atoms with Crippen molar-refractivity contribution in [2.24, 2.45) is 0 Å². The van der Waals surface area contributed by atoms with Crippen LogP contribution < -0.4 is 26.5 Å². The van der Waals surface area contributed by atoms with Crippen LogP contribution in [0, 0.1) is 0 Å². The number of para-hydroxylation sites is 2. The van der Waals surface area contributed by atoms with Crippen LogP contribution in [0.2, 0.25) is 0 Å². The second-order valence-corrected chi connectivity index (χ2v) is 26.1. The van der Waals surface area contributed by atoms with Gasteiger partial charge in [-0.2, -0.15) is 0 Å². The summed E-state index contributed by atoms with van der Waals surface area (Å²) >= 11 is 1.68. The normalized spacial score (nSPS) is 15.2. The number of piperidine rings is 1. The molecule has 3 saturated heterocycles. The Morgan fingerprint density at radius 3 is 1.15 bits per heavy atom. The molecule has 0 bridgehead atoms. The minimum atomic E-state index is -0.149. The van der Waals surface area contributed by atoms with Crippen LogP contribution in [0.1, 0.15) is 49.4 Å². The van der Waals surface area contributed by atoms with Gasteiger partial charge in [-0.1, -0.05) is 110 Å². The van der Waals surface area contributed by atoms with E-state index in [1.165, 1.54) is 12.2 Å². The zero-order valence-corrected chi connectivity index (χ0v) is 57.1. The number of carbonyl (C=O) groups is 3. The van der Waals surface area contributed by atoms with Gasteiger partial charge >= 0.3 is 17.1 Å². The molecule has 103 heavy (non-hydrogen) atoms. The lowest BCUT2D eigenvalue weighted by atomic mass is 10.0. The van der Waals surface area contributed by atoms with Crippen LogP contribution in [0.3, 0.4) is 0 Å². The van der Waals surface area contributed by atoms with Gasteiger partial charge in [-0.05, 0) is 177 Å². The van der Waals surface area contributed by atoms with Crippen LogP contribution in [0.25, 0.3) is 56.2 Å². The Kier molecular flexibility index (Phi) is 20.2. The third-order valence-electron chi connectivity index (χ3n) is 18.6. The highest BCUT2D eigenvalue weighted by Crippen LogP contribution is 2.34. The van der Waals surface area contributed by atoms with Crippen molar-refractivity contribution < 1.29 is 23.9 Å². The van der Waals surface area contributed by atoms with Crippen molar-refractivity contribution >= 4 is 68.7 Å². The summed E-state index contributed by atoms with van der Waals surface area (Å²) in [6.45, 7) is 10.5. The maximum absolute atomic E-state index is 13.8. The number of likely N-dealkylation sites (tertiary alicyclic amines) is 3. The summed E-state index contributed by atoms with van der Waals surface area (Å²) in [6.07, 6.45) is 19.2. The number of fused-ring (bicyclic) bond motifs is 3. The molecule has 0 spiro atoms. The van der Waals surface area contributed by atoms with E-state index in [2.05, 4.69) is 40.2 Å². The predicted molar refractivity (Wildman–Crippen MR) is 401 cm³/mol. The van der Waals surface area contributed by atoms with Crippen LogP contribution >= 0.6 is 11.8 Å². The summed E-state index contributed by atoms with van der Waals surface area (Å²) < 4.78 is 22.3. The van der Waals surface area contributed by atoms with E-state index in [9.17, 15) is 28.8 Å². The van der Waals surface area contributed by atoms with E-state index < -0.39 is 0 Å². The van der Waals surface area contributed by atoms with Gasteiger partial charge in [-0.3, -0.25) is 56.7 Å². The molecule has 3 aliphatic rings. The number of nitrogens with zero attached hydrogens (tertiary/aromatic N) is 12. The fraction of sp³-hybridized carbons (Fsp3) is 0.159. The highest BCUT2D eigenvalue weighted by molar-refractivity contribution is 7.99. The standard InChI is InChI=1S/C31H26N4O3.C26H24N4O3.C25H22N4O2S/c36-30(16-11-23-7-3-1-4-8-23)33-20-18-25(22-33)35-28-17-19-32-21-29(28)34(31(35)37)24-12-14-27(15-13-24)38-26-9-5-2-6-10-26;1-2-25(31)28-16-13-20(14-17-28)29-23-12-15-27-18-24(23)30(26(29)32)19-8-10-22(11-9-19)33-21-6-4-3-5-7-21;1-2-24(30)27-15-13-19(17-27)29-22-12-14-26-16-23(22)28(25(29)31)18-8-10-21(11-9-18)32-20-6-4-3-5-7-20/h1-17,19,21,25H,18,20,22H2;2-12,15,18,20H,1,13-14,16-17H2;2-12,14,16,19H,1,13,15,17H2/b16-11+;;/t25-;;19-/m1.1/s1. The molecule has 20 nitrogen and oxygen atoms in total. The van der Waals surface area contributed by atoms with Gasteiger partial charge in [0.25, 0.3) is 0 Å². The number of hydrogen-bond donors (Lipinski definition) is 0. The van der Waals surface area contributed by atoms with Gasteiger partial charge in [0.1, 0.15) is 23.0 Å². The molecule has 0 unspecified atom stereocenters. The van der Waals surface area contributed by atoms with Crippen LogP contribution in [-0.4, -0.2) is 114 Å². The SMILES string of the molecule is C=CC(=O)N1CCC(n2c(=O)n(-c3ccc(Oc4ccccc4)cc3)c3cnccc32)CC1.C=CC(=O)N1CC[C@@H](n2c(=O)n(-c3ccc(Sc4ccccc4)cc3)c3cnccc32)C1.O=C(/C=C/c1ccccc1)N1CC[C@@H](n2c(=O)n(-c3ccc(Oc4ccccc4)cc3)c3cnccc32)C1. The van der Waals surface area contributed by atoms with Crippen molar-refractivity contribution in [1.29, 1.82) is 0 Å². The van der Waals surface area contributed by atoms with Crippen LogP contribution in [0.15, 0.2) is 305 Å². The van der Waals surface area contributed by atoms with Gasteiger partial charge in [-0.25, -0.2) is 14.4 Å². The second-order valence-electron chi connectivity index (χ2n) is 24.9. The zero-order chi connectivity index (χ0) is 70.8. The van der Waals surface area contributed by atoms with Crippen molar-refractivity contribution in [2.45, 2.75) is 53.6 Å². The monoisotopic (exact) mass is 1380 g/mol. The van der Waals surface area contributed by atoms with E-state index >= 15 is 0 Å². The Bertz CT molecular complexity index is 5420. The fourth-order valence-electron chi connectivity index (χ4n) is 13.6. The molecular formula is C82H72N12O8S. The zero-order valence-electron chi connectivity index (χ0n) is 56.2. The first-order chi connectivity index (χ1) is 50.5. The average Bonchev–Trinajstić information content (AvgIpc) is 1.61. The Labute approximate surface area is 597 Å². The van der Waals surface area contributed by atoms with Gasteiger partial charge in [0.05, 0.1) is 80.8 Å². The first kappa shape index (κ1) is 67.6. The van der Waals surface area contributed by atoms with Gasteiger partial charge in [-0.15, -0.1) is 0 Å². The van der Waals surface area contributed by atoms with E-state index in [1.54, 1.807) is 92.6 Å².